The molecule has 1 aromatic heterocycles. The van der Waals surface area contributed by atoms with Crippen LogP contribution in [0.4, 0.5) is 15.8 Å². The average Bonchev–Trinajstić information content (AvgIpc) is 2.49. The van der Waals surface area contributed by atoms with Crippen LogP contribution in [-0.2, 0) is 0 Å². The fourth-order valence-corrected chi connectivity index (χ4v) is 2.15. The van der Waals surface area contributed by atoms with Gasteiger partial charge in [-0.1, -0.05) is 17.5 Å². The Balaban J connectivity index is 2.25. The average molecular weight is 338 g/mol. The van der Waals surface area contributed by atoms with Crippen LogP contribution in [0.1, 0.15) is 5.56 Å². The monoisotopic (exact) mass is 337 g/mol. The maximum atomic E-state index is 14.3. The van der Waals surface area contributed by atoms with Crippen LogP contribution in [0, 0.1) is 17.1 Å². The van der Waals surface area contributed by atoms with Gasteiger partial charge in [0, 0.05) is 6.20 Å². The number of nitrogens with zero attached hydrogens (tertiary/aromatic N) is 2. The second-order valence-electron chi connectivity index (χ2n) is 4.45. The molecule has 4 nitrogen and oxygen atoms in total. The van der Waals surface area contributed by atoms with Crippen molar-refractivity contribution in [2.75, 3.05) is 17.5 Å². The van der Waals surface area contributed by atoms with Crippen LogP contribution in [0.3, 0.4) is 0 Å². The molecule has 0 radical (unpaired) electrons. The molecule has 0 spiro atoms. The lowest BCUT2D eigenvalue weighted by atomic mass is 10.2. The van der Waals surface area contributed by atoms with Crippen LogP contribution in [0.2, 0.25) is 5.02 Å². The van der Waals surface area contributed by atoms with E-state index < -0.39 is 5.82 Å². The van der Waals surface area contributed by atoms with E-state index in [-0.39, 0.29) is 22.1 Å². The molecule has 0 amide bonds. The van der Waals surface area contributed by atoms with E-state index in [1.54, 1.807) is 12.1 Å². The number of benzene rings is 1. The highest BCUT2D eigenvalue weighted by atomic mass is 35.5. The van der Waals surface area contributed by atoms with Gasteiger partial charge in [-0.25, -0.2) is 4.98 Å². The van der Waals surface area contributed by atoms with Gasteiger partial charge >= 0.3 is 0 Å². The molecule has 2 aromatic rings. The molecule has 0 saturated heterocycles. The van der Waals surface area contributed by atoms with Crippen LogP contribution in [-0.4, -0.2) is 23.0 Å². The molecule has 0 saturated carbocycles. The topological polar surface area (TPSA) is 57.9 Å². The summed E-state index contributed by atoms with van der Waals surface area (Å²) in [7, 11) is -0.227. The summed E-state index contributed by atoms with van der Waals surface area (Å²) in [5.41, 5.74) is 1.11. The molecule has 0 aliphatic carbocycles. The van der Waals surface area contributed by atoms with Gasteiger partial charge in [-0.15, -0.1) is 0 Å². The van der Waals surface area contributed by atoms with E-state index in [1.165, 1.54) is 18.3 Å². The van der Waals surface area contributed by atoms with Crippen LogP contribution < -0.4 is 10.1 Å². The minimum absolute atomic E-state index is 0.0854. The molecular weight excluding hydrogens is 325 g/mol. The molecule has 114 valence electrons. The number of hydrogen-bond donors (Lipinski definition) is 1. The van der Waals surface area contributed by atoms with Gasteiger partial charge in [0.05, 0.1) is 28.0 Å². The third-order valence-electron chi connectivity index (χ3n) is 2.62. The van der Waals surface area contributed by atoms with Crippen molar-refractivity contribution < 1.29 is 9.13 Å². The van der Waals surface area contributed by atoms with E-state index in [1.807, 2.05) is 12.3 Å². The Morgan fingerprint density at radius 3 is 2.86 bits per heavy atom. The first kappa shape index (κ1) is 16.3. The summed E-state index contributed by atoms with van der Waals surface area (Å²) in [6, 6.07) is 8.18. The molecule has 7 heteroatoms. The van der Waals surface area contributed by atoms with Crippen LogP contribution in [0.25, 0.3) is 0 Å². The number of anilines is 2. The zero-order valence-corrected chi connectivity index (χ0v) is 13.3. The second-order valence-corrected chi connectivity index (χ2v) is 6.66. The third-order valence-corrected chi connectivity index (χ3v) is 3.45. The number of ether oxygens (including phenoxy) is 1. The largest absolute Gasteiger partial charge is 0.465 e. The van der Waals surface area contributed by atoms with Crippen LogP contribution >= 0.6 is 22.1 Å². The minimum Gasteiger partial charge on any atom is -0.465 e. The first-order chi connectivity index (χ1) is 10.5. The highest BCUT2D eigenvalue weighted by Crippen LogP contribution is 2.30. The molecular formula is C15H13ClFN3OS. The molecule has 1 unspecified atom stereocenters. The van der Waals surface area contributed by atoms with E-state index in [2.05, 4.69) is 16.2 Å². The SMILES string of the molecule is C=S(C)COc1nccc(Nc2ccc(C#N)cc2Cl)c1F. The van der Waals surface area contributed by atoms with E-state index in [4.69, 9.17) is 21.6 Å². The standard InChI is InChI=1S/C15H13ClFN3OS/c1-22(2)9-21-15-14(17)13(5-6-19-15)20-12-4-3-10(8-18)7-11(12)16/h3-7H,1,9H2,2H3,(H,19,20). The predicted molar refractivity (Wildman–Crippen MR) is 89.8 cm³/mol. The number of aromatic nitrogens is 1. The number of rotatable bonds is 5. The fourth-order valence-electron chi connectivity index (χ4n) is 1.61. The van der Waals surface area contributed by atoms with Gasteiger partial charge < -0.3 is 10.1 Å². The van der Waals surface area contributed by atoms with Gasteiger partial charge in [0.2, 0.25) is 5.82 Å². The van der Waals surface area contributed by atoms with E-state index >= 15 is 0 Å². The Kier molecular flexibility index (Phi) is 5.36. The number of hydrogen-bond acceptors (Lipinski definition) is 4. The summed E-state index contributed by atoms with van der Waals surface area (Å²) in [5.74, 6) is 3.40. The molecule has 0 aliphatic heterocycles. The summed E-state index contributed by atoms with van der Waals surface area (Å²) in [5, 5.41) is 12.0. The van der Waals surface area contributed by atoms with Gasteiger partial charge in [-0.05, 0) is 30.5 Å². The predicted octanol–water partition coefficient (Wildman–Crippen LogP) is 4.16. The fraction of sp³-hybridized carbons (Fsp3) is 0.133. The molecule has 0 fully saturated rings. The lowest BCUT2D eigenvalue weighted by Crippen LogP contribution is -2.02. The minimum atomic E-state index is -0.603. The van der Waals surface area contributed by atoms with Crippen molar-refractivity contribution in [3.63, 3.8) is 0 Å². The van der Waals surface area contributed by atoms with Gasteiger partial charge in [0.1, 0.15) is 5.94 Å². The molecule has 0 bridgehead atoms. The quantitative estimate of drug-likeness (QED) is 0.832. The zero-order valence-electron chi connectivity index (χ0n) is 11.8. The Morgan fingerprint density at radius 1 is 1.45 bits per heavy atom. The third kappa shape index (κ3) is 3.97. The van der Waals surface area contributed by atoms with Crippen LogP contribution in [0.15, 0.2) is 30.5 Å². The highest BCUT2D eigenvalue weighted by molar-refractivity contribution is 8.13. The van der Waals surface area contributed by atoms with Crippen molar-refractivity contribution in [2.24, 2.45) is 0 Å². The van der Waals surface area contributed by atoms with Crippen molar-refractivity contribution >= 4 is 39.3 Å². The maximum Gasteiger partial charge on any atom is 0.253 e. The molecule has 2 rings (SSSR count). The normalized spacial score (nSPS) is 11.5. The van der Waals surface area contributed by atoms with Crippen molar-refractivity contribution in [1.82, 2.24) is 4.98 Å². The molecule has 22 heavy (non-hydrogen) atoms. The van der Waals surface area contributed by atoms with E-state index in [0.29, 0.717) is 22.2 Å². The van der Waals surface area contributed by atoms with Crippen molar-refractivity contribution in [2.45, 2.75) is 0 Å². The van der Waals surface area contributed by atoms with Gasteiger partial charge in [-0.2, -0.15) is 20.1 Å². The van der Waals surface area contributed by atoms with E-state index in [9.17, 15) is 4.39 Å². The first-order valence-electron chi connectivity index (χ1n) is 6.17. The summed E-state index contributed by atoms with van der Waals surface area (Å²) < 4.78 is 19.6. The van der Waals surface area contributed by atoms with Gasteiger partial charge in [0.25, 0.3) is 5.88 Å². The van der Waals surface area contributed by atoms with Gasteiger partial charge in [-0.3, -0.25) is 0 Å². The Hall–Kier alpha value is -2.10. The zero-order chi connectivity index (χ0) is 16.1. The number of nitrogens with one attached hydrogen (secondary N) is 1. The number of nitriles is 1. The molecule has 1 aromatic carbocycles. The number of pyridine rings is 1. The lowest BCUT2D eigenvalue weighted by molar-refractivity contribution is 0.352. The van der Waals surface area contributed by atoms with Crippen molar-refractivity contribution in [1.29, 1.82) is 5.26 Å². The highest BCUT2D eigenvalue weighted by Gasteiger charge is 2.12. The summed E-state index contributed by atoms with van der Waals surface area (Å²) >= 11 is 6.06. The smallest absolute Gasteiger partial charge is 0.253 e. The Bertz CT molecular complexity index is 761. The van der Waals surface area contributed by atoms with E-state index in [0.717, 1.165) is 0 Å². The second kappa shape index (κ2) is 7.25. The molecule has 1 atom stereocenters. The Morgan fingerprint density at radius 2 is 2.23 bits per heavy atom. The van der Waals surface area contributed by atoms with Crippen LogP contribution in [0.5, 0.6) is 5.88 Å². The summed E-state index contributed by atoms with van der Waals surface area (Å²) in [6.07, 6.45) is 3.33. The van der Waals surface area contributed by atoms with Crippen molar-refractivity contribution in [3.8, 4) is 11.9 Å². The summed E-state index contributed by atoms with van der Waals surface area (Å²) in [6.45, 7) is 0. The van der Waals surface area contributed by atoms with Gasteiger partial charge in [0.15, 0.2) is 0 Å². The molecule has 1 heterocycles. The first-order valence-corrected chi connectivity index (χ1v) is 8.52. The van der Waals surface area contributed by atoms with Crippen molar-refractivity contribution in [3.05, 3.63) is 46.9 Å². The Labute approximate surface area is 135 Å². The molecule has 0 aliphatic rings. The maximum absolute atomic E-state index is 14.3. The molecule has 1 N–H and O–H groups in total. The lowest BCUT2D eigenvalue weighted by Gasteiger charge is -2.12. The summed E-state index contributed by atoms with van der Waals surface area (Å²) in [4.78, 5) is 3.87. The number of halogens is 2.